The van der Waals surface area contributed by atoms with E-state index in [-0.39, 0.29) is 0 Å². The van der Waals surface area contributed by atoms with Crippen LogP contribution in [0.3, 0.4) is 0 Å². The molecule has 2 N–H and O–H groups in total. The van der Waals surface area contributed by atoms with E-state index in [1.807, 2.05) is 30.3 Å². The second kappa shape index (κ2) is 5.80. The topological polar surface area (TPSA) is 101 Å². The summed E-state index contributed by atoms with van der Waals surface area (Å²) in [7, 11) is 0. The number of nitrogens with one attached hydrogen (secondary N) is 1. The van der Waals surface area contributed by atoms with E-state index < -0.39 is 12.0 Å². The molecule has 2 aromatic heterocycles. The maximum Gasteiger partial charge on any atom is 0.326 e. The van der Waals surface area contributed by atoms with Crippen LogP contribution in [0.5, 0.6) is 0 Å². The first-order valence-corrected chi connectivity index (χ1v) is 6.75. The van der Waals surface area contributed by atoms with Crippen LogP contribution in [-0.4, -0.2) is 32.2 Å². The summed E-state index contributed by atoms with van der Waals surface area (Å²) in [5.74, 6) is -0.545. The lowest BCUT2D eigenvalue weighted by Crippen LogP contribution is -2.32. The summed E-state index contributed by atoms with van der Waals surface area (Å²) >= 11 is 0. The van der Waals surface area contributed by atoms with Gasteiger partial charge in [-0.2, -0.15) is 4.98 Å². The van der Waals surface area contributed by atoms with E-state index in [4.69, 9.17) is 4.52 Å². The number of anilines is 1. The van der Waals surface area contributed by atoms with Crippen molar-refractivity contribution in [2.45, 2.75) is 19.4 Å². The van der Waals surface area contributed by atoms with Gasteiger partial charge in [0, 0.05) is 6.42 Å². The fourth-order valence-electron chi connectivity index (χ4n) is 2.25. The normalized spacial score (nSPS) is 12.2. The number of nitrogens with zero attached hydrogens (tertiary/aromatic N) is 3. The number of carboxylic acid groups (broad SMARTS) is 1. The van der Waals surface area contributed by atoms with Gasteiger partial charge in [0.1, 0.15) is 23.6 Å². The standard InChI is InChI=1S/C15H14N4O3/c1-9-12-13(16-8-17-14(12)22-19-9)18-11(15(20)21)7-10-5-3-2-4-6-10/h2-6,8,11H,7H2,1H3,(H,20,21)(H,16,17,18)/t11-/m0/s1. The highest BCUT2D eigenvalue weighted by molar-refractivity contribution is 5.89. The monoisotopic (exact) mass is 298 g/mol. The summed E-state index contributed by atoms with van der Waals surface area (Å²) < 4.78 is 5.06. The van der Waals surface area contributed by atoms with E-state index in [9.17, 15) is 9.90 Å². The van der Waals surface area contributed by atoms with Crippen LogP contribution in [0.15, 0.2) is 41.2 Å². The molecule has 0 unspecified atom stereocenters. The van der Waals surface area contributed by atoms with E-state index in [0.717, 1.165) is 5.56 Å². The molecule has 22 heavy (non-hydrogen) atoms. The molecule has 0 bridgehead atoms. The molecule has 0 fully saturated rings. The fraction of sp³-hybridized carbons (Fsp3) is 0.200. The molecule has 0 spiro atoms. The predicted molar refractivity (Wildman–Crippen MR) is 79.5 cm³/mol. The van der Waals surface area contributed by atoms with Crippen LogP contribution in [0.2, 0.25) is 0 Å². The molecule has 0 radical (unpaired) electrons. The zero-order chi connectivity index (χ0) is 15.5. The highest BCUT2D eigenvalue weighted by Crippen LogP contribution is 2.23. The zero-order valence-electron chi connectivity index (χ0n) is 11.9. The van der Waals surface area contributed by atoms with Crippen molar-refractivity contribution < 1.29 is 14.4 Å². The van der Waals surface area contributed by atoms with Gasteiger partial charge in [-0.05, 0) is 12.5 Å². The molecule has 1 atom stereocenters. The van der Waals surface area contributed by atoms with Gasteiger partial charge in [0.2, 0.25) is 0 Å². The van der Waals surface area contributed by atoms with E-state index in [0.29, 0.717) is 29.0 Å². The van der Waals surface area contributed by atoms with Crippen LogP contribution in [0.1, 0.15) is 11.3 Å². The van der Waals surface area contributed by atoms with E-state index in [1.165, 1.54) is 6.33 Å². The van der Waals surface area contributed by atoms with Gasteiger partial charge >= 0.3 is 5.97 Å². The SMILES string of the molecule is Cc1noc2ncnc(N[C@@H](Cc3ccccc3)C(=O)O)c12. The summed E-state index contributed by atoms with van der Waals surface area (Å²) in [5, 5.41) is 16.8. The number of aryl methyl sites for hydroxylation is 1. The van der Waals surface area contributed by atoms with Gasteiger partial charge in [-0.25, -0.2) is 9.78 Å². The minimum Gasteiger partial charge on any atom is -0.480 e. The third kappa shape index (κ3) is 2.73. The molecule has 1 aromatic carbocycles. The number of carbonyl (C=O) groups is 1. The Bertz CT molecular complexity index is 801. The minimum absolute atomic E-state index is 0.332. The lowest BCUT2D eigenvalue weighted by atomic mass is 10.1. The van der Waals surface area contributed by atoms with Gasteiger partial charge in [-0.15, -0.1) is 0 Å². The molecule has 0 aliphatic carbocycles. The van der Waals surface area contributed by atoms with Crippen LogP contribution in [0.4, 0.5) is 5.82 Å². The van der Waals surface area contributed by atoms with Gasteiger partial charge in [-0.1, -0.05) is 35.5 Å². The number of fused-ring (bicyclic) bond motifs is 1. The van der Waals surface area contributed by atoms with Crippen molar-refractivity contribution >= 4 is 22.9 Å². The van der Waals surface area contributed by atoms with Crippen molar-refractivity contribution in [1.82, 2.24) is 15.1 Å². The maximum absolute atomic E-state index is 11.5. The smallest absolute Gasteiger partial charge is 0.326 e. The van der Waals surface area contributed by atoms with E-state index in [1.54, 1.807) is 6.92 Å². The second-order valence-electron chi connectivity index (χ2n) is 4.90. The quantitative estimate of drug-likeness (QED) is 0.743. The summed E-state index contributed by atoms with van der Waals surface area (Å²) in [4.78, 5) is 19.6. The van der Waals surface area contributed by atoms with Crippen LogP contribution in [0.25, 0.3) is 11.1 Å². The Morgan fingerprint density at radius 2 is 2.09 bits per heavy atom. The lowest BCUT2D eigenvalue weighted by Gasteiger charge is -2.15. The largest absolute Gasteiger partial charge is 0.480 e. The molecular formula is C15H14N4O3. The van der Waals surface area contributed by atoms with E-state index in [2.05, 4.69) is 20.4 Å². The molecule has 7 nitrogen and oxygen atoms in total. The van der Waals surface area contributed by atoms with Crippen molar-refractivity contribution in [3.63, 3.8) is 0 Å². The van der Waals surface area contributed by atoms with Crippen LogP contribution < -0.4 is 5.32 Å². The van der Waals surface area contributed by atoms with E-state index >= 15 is 0 Å². The van der Waals surface area contributed by atoms with Gasteiger partial charge in [0.05, 0.1) is 5.69 Å². The highest BCUT2D eigenvalue weighted by Gasteiger charge is 2.21. The first-order valence-electron chi connectivity index (χ1n) is 6.75. The fourth-order valence-corrected chi connectivity index (χ4v) is 2.25. The van der Waals surface area contributed by atoms with Gasteiger partial charge in [-0.3, -0.25) is 0 Å². The van der Waals surface area contributed by atoms with Crippen LogP contribution in [0, 0.1) is 6.92 Å². The Kier molecular flexibility index (Phi) is 3.69. The second-order valence-corrected chi connectivity index (χ2v) is 4.90. The Morgan fingerprint density at radius 1 is 1.32 bits per heavy atom. The van der Waals surface area contributed by atoms with Crippen molar-refractivity contribution in [3.05, 3.63) is 47.9 Å². The van der Waals surface area contributed by atoms with Crippen molar-refractivity contribution in [3.8, 4) is 0 Å². The first kappa shape index (κ1) is 14.0. The lowest BCUT2D eigenvalue weighted by molar-refractivity contribution is -0.137. The number of aliphatic carboxylic acids is 1. The van der Waals surface area contributed by atoms with Gasteiger partial charge < -0.3 is 14.9 Å². The number of hydrogen-bond donors (Lipinski definition) is 2. The molecule has 3 rings (SSSR count). The van der Waals surface area contributed by atoms with Crippen LogP contribution in [-0.2, 0) is 11.2 Å². The summed E-state index contributed by atoms with van der Waals surface area (Å²) in [5.41, 5.74) is 1.87. The third-order valence-corrected chi connectivity index (χ3v) is 3.34. The predicted octanol–water partition coefficient (Wildman–Crippen LogP) is 2.03. The Hall–Kier alpha value is -2.96. The Morgan fingerprint density at radius 3 is 2.82 bits per heavy atom. The number of carboxylic acids is 1. The molecule has 0 saturated heterocycles. The molecule has 0 amide bonds. The summed E-state index contributed by atoms with van der Waals surface area (Å²) in [6, 6.07) is 8.61. The highest BCUT2D eigenvalue weighted by atomic mass is 16.5. The average Bonchev–Trinajstić information content (AvgIpc) is 2.90. The molecule has 112 valence electrons. The van der Waals surface area contributed by atoms with Gasteiger partial charge in [0.25, 0.3) is 5.71 Å². The van der Waals surface area contributed by atoms with Gasteiger partial charge in [0.15, 0.2) is 0 Å². The van der Waals surface area contributed by atoms with Crippen molar-refractivity contribution in [1.29, 1.82) is 0 Å². The molecule has 3 aromatic rings. The molecule has 0 aliphatic heterocycles. The minimum atomic E-state index is -0.954. The average molecular weight is 298 g/mol. The number of aromatic nitrogens is 3. The number of rotatable bonds is 5. The Labute approximate surface area is 126 Å². The Balaban J connectivity index is 1.90. The first-order chi connectivity index (χ1) is 10.6. The molecule has 7 heteroatoms. The molecule has 0 saturated carbocycles. The summed E-state index contributed by atoms with van der Waals surface area (Å²) in [6.07, 6.45) is 1.66. The number of hydrogen-bond acceptors (Lipinski definition) is 6. The van der Waals surface area contributed by atoms with Crippen molar-refractivity contribution in [2.75, 3.05) is 5.32 Å². The molecular weight excluding hydrogens is 284 g/mol. The summed E-state index contributed by atoms with van der Waals surface area (Å²) in [6.45, 7) is 1.76. The third-order valence-electron chi connectivity index (χ3n) is 3.34. The van der Waals surface area contributed by atoms with Crippen LogP contribution >= 0.6 is 0 Å². The maximum atomic E-state index is 11.5. The number of benzene rings is 1. The molecule has 2 heterocycles. The zero-order valence-corrected chi connectivity index (χ0v) is 11.9. The molecule has 0 aliphatic rings. The van der Waals surface area contributed by atoms with Crippen molar-refractivity contribution in [2.24, 2.45) is 0 Å².